The van der Waals surface area contributed by atoms with Gasteiger partial charge in [0.25, 0.3) is 0 Å². The molecule has 0 saturated carbocycles. The number of hydrogen-bond donors (Lipinski definition) is 1. The second-order valence-electron chi connectivity index (χ2n) is 2.99. The van der Waals surface area contributed by atoms with E-state index in [1.165, 1.54) is 0 Å². The van der Waals surface area contributed by atoms with Gasteiger partial charge < -0.3 is 10.5 Å². The maximum absolute atomic E-state index is 12.2. The number of benzene rings is 1. The third-order valence-electron chi connectivity index (χ3n) is 1.91. The average molecular weight is 322 g/mol. The Morgan fingerprint density at radius 3 is 2.82 bits per heavy atom. The van der Waals surface area contributed by atoms with Crippen LogP contribution in [0.15, 0.2) is 34.6 Å². The topological polar surface area (TPSA) is 59.0 Å². The molecule has 1 aromatic carbocycles. The highest BCUT2D eigenvalue weighted by Crippen LogP contribution is 2.28. The number of nitriles is 1. The predicted octanol–water partition coefficient (Wildman–Crippen LogP) is 2.93. The molecule has 92 valence electrons. The van der Waals surface area contributed by atoms with E-state index in [1.807, 2.05) is 6.07 Å². The number of rotatable bonds is 4. The van der Waals surface area contributed by atoms with E-state index in [0.29, 0.717) is 27.7 Å². The molecule has 0 atom stereocenters. The van der Waals surface area contributed by atoms with Gasteiger partial charge in [-0.25, -0.2) is 4.39 Å². The Balaban J connectivity index is 0.00000256. The Labute approximate surface area is 114 Å². The summed E-state index contributed by atoms with van der Waals surface area (Å²) in [4.78, 5) is 0. The Morgan fingerprint density at radius 1 is 1.59 bits per heavy atom. The zero-order valence-corrected chi connectivity index (χ0v) is 11.2. The van der Waals surface area contributed by atoms with Gasteiger partial charge in [0.1, 0.15) is 18.4 Å². The molecule has 17 heavy (non-hydrogen) atoms. The van der Waals surface area contributed by atoms with E-state index in [0.717, 1.165) is 0 Å². The zero-order chi connectivity index (χ0) is 12.0. The van der Waals surface area contributed by atoms with Gasteiger partial charge >= 0.3 is 0 Å². The van der Waals surface area contributed by atoms with E-state index in [2.05, 4.69) is 15.9 Å². The van der Waals surface area contributed by atoms with Crippen molar-refractivity contribution in [2.45, 2.75) is 0 Å². The lowest BCUT2D eigenvalue weighted by Gasteiger charge is -2.09. The van der Waals surface area contributed by atoms with Gasteiger partial charge in [-0.05, 0) is 28.1 Å². The van der Waals surface area contributed by atoms with Gasteiger partial charge in [-0.3, -0.25) is 0 Å². The van der Waals surface area contributed by atoms with Gasteiger partial charge in [-0.15, -0.1) is 12.4 Å². The van der Waals surface area contributed by atoms with Crippen LogP contribution in [0.4, 0.5) is 4.39 Å². The SMILES string of the molecule is Cl.N#Cc1cccc(OCC(=CF)CN)c1Br. The monoisotopic (exact) mass is 320 g/mol. The molecule has 1 aromatic rings. The lowest BCUT2D eigenvalue weighted by atomic mass is 10.2. The first kappa shape index (κ1) is 15.9. The summed E-state index contributed by atoms with van der Waals surface area (Å²) in [6, 6.07) is 7.06. The summed E-state index contributed by atoms with van der Waals surface area (Å²) in [6.45, 7) is 0.173. The number of hydrogen-bond acceptors (Lipinski definition) is 3. The number of nitrogens with two attached hydrogens (primary N) is 1. The van der Waals surface area contributed by atoms with Gasteiger partial charge in [0, 0.05) is 12.1 Å². The highest BCUT2D eigenvalue weighted by molar-refractivity contribution is 9.10. The highest BCUT2D eigenvalue weighted by atomic mass is 79.9. The highest BCUT2D eigenvalue weighted by Gasteiger charge is 2.06. The maximum atomic E-state index is 12.2. The fourth-order valence-electron chi connectivity index (χ4n) is 1.01. The van der Waals surface area contributed by atoms with E-state index in [9.17, 15) is 4.39 Å². The van der Waals surface area contributed by atoms with Gasteiger partial charge in [0.05, 0.1) is 16.4 Å². The summed E-state index contributed by atoms with van der Waals surface area (Å²) in [7, 11) is 0. The average Bonchev–Trinajstić information content (AvgIpc) is 2.32. The van der Waals surface area contributed by atoms with Crippen molar-refractivity contribution in [1.82, 2.24) is 0 Å². The smallest absolute Gasteiger partial charge is 0.135 e. The van der Waals surface area contributed by atoms with Crippen LogP contribution in [0.25, 0.3) is 0 Å². The van der Waals surface area contributed by atoms with Crippen molar-refractivity contribution < 1.29 is 9.13 Å². The summed E-state index contributed by atoms with van der Waals surface area (Å²) in [5.74, 6) is 0.492. The lowest BCUT2D eigenvalue weighted by molar-refractivity contribution is 0.345. The first-order chi connectivity index (χ1) is 7.72. The summed E-state index contributed by atoms with van der Waals surface area (Å²) >= 11 is 3.24. The molecule has 6 heteroatoms. The fourth-order valence-corrected chi connectivity index (χ4v) is 1.48. The molecule has 3 nitrogen and oxygen atoms in total. The molecule has 1 rings (SSSR count). The Morgan fingerprint density at radius 2 is 2.29 bits per heavy atom. The second kappa shape index (κ2) is 8.07. The van der Waals surface area contributed by atoms with E-state index in [-0.39, 0.29) is 25.6 Å². The quantitative estimate of drug-likeness (QED) is 0.927. The summed E-state index contributed by atoms with van der Waals surface area (Å²) in [6.07, 6.45) is 0.433. The van der Waals surface area contributed by atoms with Crippen LogP contribution >= 0.6 is 28.3 Å². The van der Waals surface area contributed by atoms with E-state index in [4.69, 9.17) is 15.7 Å². The fraction of sp³-hybridized carbons (Fsp3) is 0.182. The lowest BCUT2D eigenvalue weighted by Crippen LogP contribution is -2.11. The molecule has 0 aliphatic rings. The van der Waals surface area contributed by atoms with Gasteiger partial charge in [-0.2, -0.15) is 5.26 Å². The zero-order valence-electron chi connectivity index (χ0n) is 8.82. The van der Waals surface area contributed by atoms with Crippen LogP contribution < -0.4 is 10.5 Å². The minimum Gasteiger partial charge on any atom is -0.488 e. The molecule has 0 bridgehead atoms. The van der Waals surface area contributed by atoms with E-state index in [1.54, 1.807) is 18.2 Å². The van der Waals surface area contributed by atoms with Crippen LogP contribution in [0.3, 0.4) is 0 Å². The van der Waals surface area contributed by atoms with Crippen molar-refractivity contribution in [2.24, 2.45) is 5.73 Å². The molecular formula is C11H11BrClFN2O. The molecule has 0 fully saturated rings. The molecule has 0 radical (unpaired) electrons. The standard InChI is InChI=1S/C11H10BrFN2O.ClH/c12-11-9(6-15)2-1-3-10(11)16-7-8(4-13)5-14;/h1-4H,5,7,14H2;1H. The number of ether oxygens (including phenoxy) is 1. The first-order valence-corrected chi connectivity index (χ1v) is 5.31. The minimum absolute atomic E-state index is 0. The minimum atomic E-state index is 0. The van der Waals surface area contributed by atoms with Crippen LogP contribution in [0.5, 0.6) is 5.75 Å². The van der Waals surface area contributed by atoms with Crippen LogP contribution in [0.2, 0.25) is 0 Å². The first-order valence-electron chi connectivity index (χ1n) is 4.52. The Hall–Kier alpha value is -1.09. The van der Waals surface area contributed by atoms with Crippen molar-refractivity contribution >= 4 is 28.3 Å². The maximum Gasteiger partial charge on any atom is 0.135 e. The van der Waals surface area contributed by atoms with Gasteiger partial charge in [0.2, 0.25) is 0 Å². The van der Waals surface area contributed by atoms with E-state index < -0.39 is 0 Å². The largest absolute Gasteiger partial charge is 0.488 e. The van der Waals surface area contributed by atoms with Crippen LogP contribution in [0.1, 0.15) is 5.56 Å². The molecule has 0 aliphatic heterocycles. The Kier molecular flexibility index (Phi) is 7.55. The van der Waals surface area contributed by atoms with Crippen molar-refractivity contribution in [3.63, 3.8) is 0 Å². The molecule has 0 unspecified atom stereocenters. The number of nitrogens with zero attached hydrogens (tertiary/aromatic N) is 1. The normalized spacial score (nSPS) is 10.4. The molecule has 0 spiro atoms. The molecule has 0 aliphatic carbocycles. The third-order valence-corrected chi connectivity index (χ3v) is 2.73. The summed E-state index contributed by atoms with van der Waals surface area (Å²) in [5, 5.41) is 8.79. The van der Waals surface area contributed by atoms with Crippen molar-refractivity contribution in [1.29, 1.82) is 5.26 Å². The van der Waals surface area contributed by atoms with Gasteiger partial charge in [0.15, 0.2) is 0 Å². The molecule has 0 saturated heterocycles. The van der Waals surface area contributed by atoms with Crippen LogP contribution in [-0.4, -0.2) is 13.2 Å². The molecule has 0 aromatic heterocycles. The van der Waals surface area contributed by atoms with Gasteiger partial charge in [-0.1, -0.05) is 6.07 Å². The second-order valence-corrected chi connectivity index (χ2v) is 3.78. The Bertz CT molecular complexity index is 446. The third kappa shape index (κ3) is 4.35. The van der Waals surface area contributed by atoms with Crippen molar-refractivity contribution in [3.8, 4) is 11.8 Å². The van der Waals surface area contributed by atoms with Crippen molar-refractivity contribution in [3.05, 3.63) is 40.1 Å². The molecule has 0 amide bonds. The molecule has 2 N–H and O–H groups in total. The van der Waals surface area contributed by atoms with E-state index >= 15 is 0 Å². The summed E-state index contributed by atoms with van der Waals surface area (Å²) < 4.78 is 18.1. The molecule has 0 heterocycles. The predicted molar refractivity (Wildman–Crippen MR) is 69.8 cm³/mol. The van der Waals surface area contributed by atoms with Crippen molar-refractivity contribution in [2.75, 3.05) is 13.2 Å². The van der Waals surface area contributed by atoms with Crippen LogP contribution in [-0.2, 0) is 0 Å². The number of halogens is 3. The van der Waals surface area contributed by atoms with Crippen LogP contribution in [0, 0.1) is 11.3 Å². The summed E-state index contributed by atoms with van der Waals surface area (Å²) in [5.41, 5.74) is 6.11. The molecular weight excluding hydrogens is 310 g/mol.